The topological polar surface area (TPSA) is 39.5 Å². The summed E-state index contributed by atoms with van der Waals surface area (Å²) >= 11 is 0. The highest BCUT2D eigenvalue weighted by Crippen LogP contribution is 2.37. The molecule has 23 heavy (non-hydrogen) atoms. The summed E-state index contributed by atoms with van der Waals surface area (Å²) in [5, 5.41) is 9.87. The molecule has 0 saturated carbocycles. The van der Waals surface area contributed by atoms with Crippen LogP contribution in [0, 0.1) is 11.3 Å². The molecule has 1 aromatic rings. The maximum atomic E-state index is 9.87. The van der Waals surface area contributed by atoms with Gasteiger partial charge in [0.05, 0.1) is 18.6 Å². The minimum Gasteiger partial charge on any atom is -0.497 e. The smallest absolute Gasteiger partial charge is 0.119 e. The van der Waals surface area contributed by atoms with E-state index in [4.69, 9.17) is 4.74 Å². The summed E-state index contributed by atoms with van der Waals surface area (Å²) in [6, 6.07) is 11.4. The van der Waals surface area contributed by atoms with Gasteiger partial charge in [-0.15, -0.1) is 0 Å². The van der Waals surface area contributed by atoms with Gasteiger partial charge in [0.25, 0.3) is 0 Å². The average Bonchev–Trinajstić information content (AvgIpc) is 2.62. The lowest BCUT2D eigenvalue weighted by molar-refractivity contribution is 0.0861. The quantitative estimate of drug-likeness (QED) is 0.860. The molecule has 0 spiro atoms. The summed E-state index contributed by atoms with van der Waals surface area (Å²) in [7, 11) is 3.89. The standard InChI is InChI=1S/C19H27N3O/c1-21-10-6-17(7-11-21)22-12-8-19(15-20,9-13-22)16-4-3-5-18(14-16)23-2/h3-5,14,17H,6-13H2,1-2H3. The molecule has 2 fully saturated rings. The van der Waals surface area contributed by atoms with Gasteiger partial charge in [0.15, 0.2) is 0 Å². The van der Waals surface area contributed by atoms with Crippen LogP contribution in [0.1, 0.15) is 31.2 Å². The third-order valence-electron chi connectivity index (χ3n) is 5.69. The Kier molecular flexibility index (Phi) is 4.89. The third kappa shape index (κ3) is 3.36. The number of rotatable bonds is 3. The van der Waals surface area contributed by atoms with Gasteiger partial charge >= 0.3 is 0 Å². The molecule has 0 aliphatic carbocycles. The minimum atomic E-state index is -0.351. The van der Waals surface area contributed by atoms with E-state index in [1.165, 1.54) is 25.9 Å². The molecule has 4 heteroatoms. The molecule has 0 N–H and O–H groups in total. The molecule has 124 valence electrons. The zero-order valence-corrected chi connectivity index (χ0v) is 14.3. The van der Waals surface area contributed by atoms with Crippen LogP contribution >= 0.6 is 0 Å². The number of hydrogen-bond acceptors (Lipinski definition) is 4. The fourth-order valence-corrected chi connectivity index (χ4v) is 4.02. The number of nitrogens with zero attached hydrogens (tertiary/aromatic N) is 3. The van der Waals surface area contributed by atoms with Crippen molar-refractivity contribution in [1.82, 2.24) is 9.80 Å². The van der Waals surface area contributed by atoms with E-state index in [2.05, 4.69) is 29.0 Å². The molecule has 0 bridgehead atoms. The van der Waals surface area contributed by atoms with Crippen molar-refractivity contribution in [1.29, 1.82) is 5.26 Å². The molecular weight excluding hydrogens is 286 g/mol. The largest absolute Gasteiger partial charge is 0.497 e. The van der Waals surface area contributed by atoms with Crippen LogP contribution in [-0.2, 0) is 5.41 Å². The van der Waals surface area contributed by atoms with Crippen LogP contribution in [0.3, 0.4) is 0 Å². The Balaban J connectivity index is 1.69. The van der Waals surface area contributed by atoms with Crippen molar-refractivity contribution in [2.24, 2.45) is 0 Å². The van der Waals surface area contributed by atoms with Crippen LogP contribution in [0.5, 0.6) is 5.75 Å². The summed E-state index contributed by atoms with van der Waals surface area (Å²) in [5.41, 5.74) is 0.763. The Morgan fingerprint density at radius 2 is 1.87 bits per heavy atom. The SMILES string of the molecule is COc1cccc(C2(C#N)CCN(C3CCN(C)CC3)CC2)c1. The Hall–Kier alpha value is -1.57. The van der Waals surface area contributed by atoms with E-state index in [0.29, 0.717) is 6.04 Å². The molecule has 0 unspecified atom stereocenters. The Morgan fingerprint density at radius 3 is 2.48 bits per heavy atom. The Labute approximate surface area is 139 Å². The van der Waals surface area contributed by atoms with Crippen molar-refractivity contribution < 1.29 is 4.74 Å². The van der Waals surface area contributed by atoms with E-state index in [9.17, 15) is 5.26 Å². The number of benzene rings is 1. The molecule has 4 nitrogen and oxygen atoms in total. The molecule has 1 aromatic carbocycles. The summed E-state index contributed by atoms with van der Waals surface area (Å²) < 4.78 is 5.34. The van der Waals surface area contributed by atoms with Gasteiger partial charge in [0.1, 0.15) is 5.75 Å². The monoisotopic (exact) mass is 313 g/mol. The lowest BCUT2D eigenvalue weighted by Crippen LogP contribution is -2.49. The number of likely N-dealkylation sites (tertiary alicyclic amines) is 2. The molecule has 0 aromatic heterocycles. The third-order valence-corrected chi connectivity index (χ3v) is 5.69. The molecule has 0 amide bonds. The molecule has 2 aliphatic rings. The highest BCUT2D eigenvalue weighted by Gasteiger charge is 2.38. The van der Waals surface area contributed by atoms with Crippen LogP contribution < -0.4 is 4.74 Å². The first-order valence-electron chi connectivity index (χ1n) is 8.65. The van der Waals surface area contributed by atoms with E-state index in [-0.39, 0.29) is 5.41 Å². The fourth-order valence-electron chi connectivity index (χ4n) is 4.02. The van der Waals surface area contributed by atoms with Gasteiger partial charge in [-0.2, -0.15) is 5.26 Å². The Morgan fingerprint density at radius 1 is 1.17 bits per heavy atom. The lowest BCUT2D eigenvalue weighted by Gasteiger charge is -2.43. The first kappa shape index (κ1) is 16.3. The van der Waals surface area contributed by atoms with Crippen LogP contribution in [0.25, 0.3) is 0 Å². The number of methoxy groups -OCH3 is 1. The van der Waals surface area contributed by atoms with Crippen molar-refractivity contribution >= 4 is 0 Å². The molecule has 0 atom stereocenters. The van der Waals surface area contributed by atoms with Gasteiger partial charge in [-0.25, -0.2) is 0 Å². The average molecular weight is 313 g/mol. The van der Waals surface area contributed by atoms with E-state index in [1.807, 2.05) is 18.2 Å². The van der Waals surface area contributed by atoms with Crippen molar-refractivity contribution in [2.45, 2.75) is 37.1 Å². The summed E-state index contributed by atoms with van der Waals surface area (Å²) in [6.45, 7) is 4.44. The second-order valence-corrected chi connectivity index (χ2v) is 7.00. The number of nitriles is 1. The van der Waals surface area contributed by atoms with E-state index >= 15 is 0 Å². The highest BCUT2D eigenvalue weighted by atomic mass is 16.5. The fraction of sp³-hybridized carbons (Fsp3) is 0.632. The number of piperidine rings is 2. The van der Waals surface area contributed by atoms with Gasteiger partial charge in [-0.1, -0.05) is 12.1 Å². The summed E-state index contributed by atoms with van der Waals surface area (Å²) in [6.07, 6.45) is 4.36. The van der Waals surface area contributed by atoms with Crippen LogP contribution in [0.2, 0.25) is 0 Å². The van der Waals surface area contributed by atoms with Crippen LogP contribution in [0.15, 0.2) is 24.3 Å². The van der Waals surface area contributed by atoms with Gasteiger partial charge < -0.3 is 14.5 Å². The van der Waals surface area contributed by atoms with E-state index in [0.717, 1.165) is 37.2 Å². The van der Waals surface area contributed by atoms with Crippen molar-refractivity contribution in [3.8, 4) is 11.8 Å². The maximum absolute atomic E-state index is 9.87. The van der Waals surface area contributed by atoms with Crippen LogP contribution in [0.4, 0.5) is 0 Å². The summed E-state index contributed by atoms with van der Waals surface area (Å²) in [4.78, 5) is 5.03. The molecule has 0 radical (unpaired) electrons. The molecule has 2 aliphatic heterocycles. The zero-order valence-electron chi connectivity index (χ0n) is 14.3. The molecular formula is C19H27N3O. The van der Waals surface area contributed by atoms with Gasteiger partial charge in [-0.3, -0.25) is 0 Å². The summed E-state index contributed by atoms with van der Waals surface area (Å²) in [5.74, 6) is 0.842. The van der Waals surface area contributed by atoms with Crippen molar-refractivity contribution in [3.05, 3.63) is 29.8 Å². The van der Waals surface area contributed by atoms with E-state index in [1.54, 1.807) is 7.11 Å². The van der Waals surface area contributed by atoms with Gasteiger partial charge in [0, 0.05) is 19.1 Å². The highest BCUT2D eigenvalue weighted by molar-refractivity contribution is 5.38. The predicted octanol–water partition coefficient (Wildman–Crippen LogP) is 2.65. The number of ether oxygens (including phenoxy) is 1. The number of hydrogen-bond donors (Lipinski definition) is 0. The second kappa shape index (κ2) is 6.90. The second-order valence-electron chi connectivity index (χ2n) is 7.00. The van der Waals surface area contributed by atoms with Gasteiger partial charge in [0.2, 0.25) is 0 Å². The van der Waals surface area contributed by atoms with Crippen molar-refractivity contribution in [3.63, 3.8) is 0 Å². The molecule has 2 saturated heterocycles. The minimum absolute atomic E-state index is 0.351. The van der Waals surface area contributed by atoms with Crippen LogP contribution in [-0.4, -0.2) is 56.2 Å². The predicted molar refractivity (Wildman–Crippen MR) is 91.6 cm³/mol. The van der Waals surface area contributed by atoms with E-state index < -0.39 is 0 Å². The Bertz CT molecular complexity index is 564. The molecule has 2 heterocycles. The lowest BCUT2D eigenvalue weighted by atomic mass is 9.73. The molecule has 3 rings (SSSR count). The van der Waals surface area contributed by atoms with Gasteiger partial charge in [-0.05, 0) is 63.5 Å². The zero-order chi connectivity index (χ0) is 16.3. The normalized spacial score (nSPS) is 23.3. The maximum Gasteiger partial charge on any atom is 0.119 e. The first-order valence-corrected chi connectivity index (χ1v) is 8.65. The van der Waals surface area contributed by atoms with Crippen molar-refractivity contribution in [2.75, 3.05) is 40.3 Å². The first-order chi connectivity index (χ1) is 11.2.